The van der Waals surface area contributed by atoms with Crippen molar-refractivity contribution in [1.29, 1.82) is 0 Å². The minimum Gasteiger partial charge on any atom is -0.481 e. The average molecular weight is 1060 g/mol. The van der Waals surface area contributed by atoms with Crippen LogP contribution in [0.4, 0.5) is 0 Å². The minimum atomic E-state index is -1.60. The van der Waals surface area contributed by atoms with E-state index in [9.17, 15) is 82.1 Å². The second-order valence-corrected chi connectivity index (χ2v) is 18.0. The van der Waals surface area contributed by atoms with E-state index in [4.69, 9.17) is 10.8 Å². The molecule has 0 aromatic heterocycles. The van der Waals surface area contributed by atoms with Gasteiger partial charge in [0.1, 0.15) is 48.3 Å². The van der Waals surface area contributed by atoms with Crippen LogP contribution in [0.25, 0.3) is 0 Å². The average Bonchev–Trinajstić information content (AvgIpc) is 3.29. The summed E-state index contributed by atoms with van der Waals surface area (Å²) in [4.78, 5) is 187. The Kier molecular flexibility index (Phi) is 30.0. The number of amides is 12. The van der Waals surface area contributed by atoms with Crippen LogP contribution in [-0.2, 0) is 71.9 Å². The van der Waals surface area contributed by atoms with Gasteiger partial charge in [-0.05, 0) is 64.7 Å². The SMILES string of the molecule is CC(=O)NCC(=O)NCC(=O)N[C@@H](C)C(=O)N[C@@H](CC(C)C)C(=O)N[C@@H](CCC(=O)O)C(=O)N[C@@H](C)C(=O)N[C@@H](C)C(=O)N[C@@H](CCC(=O)O)C(=O)NCC(=O)N[C@@H](CC(C)C)C(=O)N[C@@H](CCC(=O)O)C(N)=O. The van der Waals surface area contributed by atoms with E-state index < -0.39 is 189 Å². The molecule has 30 nitrogen and oxygen atoms in total. The van der Waals surface area contributed by atoms with Crippen molar-refractivity contribution in [2.45, 2.75) is 155 Å². The number of nitrogens with one attached hydrogen (secondary N) is 11. The standard InChI is InChI=1S/C44H72N12O18/c1-20(2)15-29(43(73)53-26(37(45)67)9-12-34(61)62)52-33(60)19-48-41(71)27(10-13-35(63)64)54-40(70)24(7)50-38(68)23(6)51-42(72)28(11-14-36(65)66)55-44(74)30(16-21(3)4)56-39(69)22(5)49-32(59)18-47-31(58)17-46-25(8)57/h20-24,26-30H,9-19H2,1-8H3,(H2,45,67)(H,46,57)(H,47,58)(H,48,71)(H,49,59)(H,50,68)(H,51,72)(H,52,60)(H,53,73)(H,54,70)(H,55,74)(H,56,69)(H,61,62)(H,63,64)(H,65,66)/t22-,23-,24-,26-,27-,28-,29-,30-/m0/s1. The van der Waals surface area contributed by atoms with Gasteiger partial charge in [-0.2, -0.15) is 0 Å². The quantitative estimate of drug-likeness (QED) is 0.0281. The molecule has 0 aliphatic rings. The van der Waals surface area contributed by atoms with Crippen molar-refractivity contribution >= 4 is 88.8 Å². The zero-order valence-corrected chi connectivity index (χ0v) is 42.6. The highest BCUT2D eigenvalue weighted by molar-refractivity contribution is 5.98. The van der Waals surface area contributed by atoms with Crippen LogP contribution in [0.5, 0.6) is 0 Å². The highest BCUT2D eigenvalue weighted by Gasteiger charge is 2.33. The lowest BCUT2D eigenvalue weighted by Gasteiger charge is -2.26. The lowest BCUT2D eigenvalue weighted by molar-refractivity contribution is -0.139. The summed E-state index contributed by atoms with van der Waals surface area (Å²) in [6, 6.07) is -11.4. The Bertz CT molecular complexity index is 2070. The molecule has 0 aromatic rings. The Balaban J connectivity index is 5.84. The molecule has 0 bridgehead atoms. The highest BCUT2D eigenvalue weighted by atomic mass is 16.4. The first-order valence-electron chi connectivity index (χ1n) is 23.5. The Hall–Kier alpha value is -7.95. The van der Waals surface area contributed by atoms with Crippen LogP contribution in [0.15, 0.2) is 0 Å². The molecule has 0 heterocycles. The van der Waals surface area contributed by atoms with Crippen LogP contribution < -0.4 is 64.2 Å². The minimum absolute atomic E-state index is 0.00236. The van der Waals surface area contributed by atoms with Crippen molar-refractivity contribution in [1.82, 2.24) is 58.5 Å². The summed E-state index contributed by atoms with van der Waals surface area (Å²) in [5, 5.41) is 53.1. The summed E-state index contributed by atoms with van der Waals surface area (Å²) in [5.41, 5.74) is 5.30. The fourth-order valence-electron chi connectivity index (χ4n) is 6.29. The zero-order valence-electron chi connectivity index (χ0n) is 42.6. The van der Waals surface area contributed by atoms with Crippen LogP contribution in [0, 0.1) is 11.8 Å². The number of nitrogens with two attached hydrogens (primary N) is 1. The molecule has 0 rings (SSSR count). The second-order valence-electron chi connectivity index (χ2n) is 18.0. The molecule has 0 unspecified atom stereocenters. The Labute approximate surface area is 426 Å². The lowest BCUT2D eigenvalue weighted by atomic mass is 10.0. The molecule has 12 amide bonds. The molecule has 0 fully saturated rings. The number of carbonyl (C=O) groups is 15. The van der Waals surface area contributed by atoms with Gasteiger partial charge in [0, 0.05) is 26.2 Å². The van der Waals surface area contributed by atoms with Gasteiger partial charge in [-0.15, -0.1) is 0 Å². The third kappa shape index (κ3) is 28.8. The van der Waals surface area contributed by atoms with E-state index in [0.717, 1.165) is 0 Å². The molecule has 0 aromatic carbocycles. The van der Waals surface area contributed by atoms with Gasteiger partial charge in [0.05, 0.1) is 19.6 Å². The van der Waals surface area contributed by atoms with Crippen LogP contribution in [0.3, 0.4) is 0 Å². The maximum atomic E-state index is 13.6. The van der Waals surface area contributed by atoms with Gasteiger partial charge in [0.2, 0.25) is 70.9 Å². The van der Waals surface area contributed by atoms with E-state index in [2.05, 4.69) is 58.5 Å². The molecule has 0 spiro atoms. The molecule has 0 aliphatic heterocycles. The van der Waals surface area contributed by atoms with Crippen molar-refractivity contribution in [2.24, 2.45) is 17.6 Å². The number of carboxylic acid groups (broad SMARTS) is 3. The maximum absolute atomic E-state index is 13.6. The smallest absolute Gasteiger partial charge is 0.303 e. The molecule has 8 atom stereocenters. The Morgan fingerprint density at radius 3 is 1.14 bits per heavy atom. The third-order valence-corrected chi connectivity index (χ3v) is 10.2. The van der Waals surface area contributed by atoms with Crippen molar-refractivity contribution in [3.8, 4) is 0 Å². The summed E-state index contributed by atoms with van der Waals surface area (Å²) >= 11 is 0. The number of hydrogen-bond donors (Lipinski definition) is 15. The first kappa shape index (κ1) is 66.0. The molecule has 30 heteroatoms. The Morgan fingerprint density at radius 1 is 0.365 bits per heavy atom. The van der Waals surface area contributed by atoms with Gasteiger partial charge < -0.3 is 79.5 Å². The molecule has 416 valence electrons. The van der Waals surface area contributed by atoms with Gasteiger partial charge in [0.15, 0.2) is 0 Å². The van der Waals surface area contributed by atoms with E-state index in [0.29, 0.717) is 0 Å². The molecule has 74 heavy (non-hydrogen) atoms. The van der Waals surface area contributed by atoms with Gasteiger partial charge in [-0.25, -0.2) is 0 Å². The zero-order chi connectivity index (χ0) is 57.0. The van der Waals surface area contributed by atoms with E-state index in [1.807, 2.05) is 0 Å². The second kappa shape index (κ2) is 33.7. The fourth-order valence-corrected chi connectivity index (χ4v) is 6.29. The summed E-state index contributed by atoms with van der Waals surface area (Å²) in [6.07, 6.45) is -3.10. The molecule has 0 saturated heterocycles. The van der Waals surface area contributed by atoms with Gasteiger partial charge >= 0.3 is 17.9 Å². The maximum Gasteiger partial charge on any atom is 0.303 e. The number of rotatable bonds is 35. The Morgan fingerprint density at radius 2 is 0.689 bits per heavy atom. The summed E-state index contributed by atoms with van der Waals surface area (Å²) in [5.74, 6) is -15.1. The van der Waals surface area contributed by atoms with Gasteiger partial charge in [-0.3, -0.25) is 71.9 Å². The van der Waals surface area contributed by atoms with Gasteiger partial charge in [-0.1, -0.05) is 27.7 Å². The van der Waals surface area contributed by atoms with E-state index in [1.165, 1.54) is 27.7 Å². The molecule has 0 radical (unpaired) electrons. The predicted octanol–water partition coefficient (Wildman–Crippen LogP) is -5.54. The van der Waals surface area contributed by atoms with Crippen molar-refractivity contribution in [3.05, 3.63) is 0 Å². The molecule has 0 aliphatic carbocycles. The largest absolute Gasteiger partial charge is 0.481 e. The molecule has 0 saturated carbocycles. The number of aliphatic carboxylic acids is 3. The molecule has 16 N–H and O–H groups in total. The van der Waals surface area contributed by atoms with Crippen molar-refractivity contribution < 1.29 is 87.2 Å². The number of primary amides is 1. The van der Waals surface area contributed by atoms with Crippen LogP contribution in [-0.4, -0.2) is 172 Å². The van der Waals surface area contributed by atoms with Crippen LogP contribution in [0.2, 0.25) is 0 Å². The number of carbonyl (C=O) groups excluding carboxylic acids is 12. The van der Waals surface area contributed by atoms with Crippen LogP contribution in [0.1, 0.15) is 107 Å². The van der Waals surface area contributed by atoms with Gasteiger partial charge in [0.25, 0.3) is 0 Å². The predicted molar refractivity (Wildman–Crippen MR) is 256 cm³/mol. The summed E-state index contributed by atoms with van der Waals surface area (Å²) < 4.78 is 0. The van der Waals surface area contributed by atoms with E-state index in [1.54, 1.807) is 27.7 Å². The fraction of sp³-hybridized carbons (Fsp3) is 0.659. The van der Waals surface area contributed by atoms with E-state index >= 15 is 0 Å². The lowest BCUT2D eigenvalue weighted by Crippen LogP contribution is -2.59. The number of carboxylic acids is 3. The number of hydrogen-bond acceptors (Lipinski definition) is 15. The third-order valence-electron chi connectivity index (χ3n) is 10.2. The molecular formula is C44H72N12O18. The topological polar surface area (TPSA) is 475 Å². The first-order valence-corrected chi connectivity index (χ1v) is 23.5. The normalized spacial score (nSPS) is 14.0. The van der Waals surface area contributed by atoms with Crippen LogP contribution >= 0.6 is 0 Å². The van der Waals surface area contributed by atoms with Crippen molar-refractivity contribution in [3.63, 3.8) is 0 Å². The monoisotopic (exact) mass is 1060 g/mol. The first-order chi connectivity index (χ1) is 34.3. The van der Waals surface area contributed by atoms with Crippen molar-refractivity contribution in [2.75, 3.05) is 19.6 Å². The summed E-state index contributed by atoms with van der Waals surface area (Å²) in [7, 11) is 0. The van der Waals surface area contributed by atoms with E-state index in [-0.39, 0.29) is 31.1 Å². The summed E-state index contributed by atoms with van der Waals surface area (Å²) in [6.45, 7) is 9.93. The highest BCUT2D eigenvalue weighted by Crippen LogP contribution is 2.10. The molecular weight excluding hydrogens is 985 g/mol.